The molecule has 0 bridgehead atoms. The van der Waals surface area contributed by atoms with Gasteiger partial charge in [0.2, 0.25) is 0 Å². The first-order valence-corrected chi connectivity index (χ1v) is 23.8. The van der Waals surface area contributed by atoms with Gasteiger partial charge in [-0.2, -0.15) is 0 Å². The largest absolute Gasteiger partial charge is 0.310 e. The number of fused-ring (bicyclic) bond motifs is 9. The van der Waals surface area contributed by atoms with Crippen LogP contribution in [0.4, 0.5) is 17.1 Å². The maximum atomic E-state index is 2.50. The molecule has 1 heterocycles. The standard InChI is InChI=1S/C64H45NS/c1-63(2)55-27-13-10-25-54(55)62-53(26-17-29-57(62)63)50-23-11-15-30-59(50)65(46-35-32-42(33-36-46)43-34-38-52-51-24-12-16-31-60(51)66-61(52)40-43)47-37-39-49-48-22-9-14-28-56(48)64(58(49)41-47,44-18-5-3-6-19-44)45-20-7-4-8-21-45/h3-41H,1-2H3. The van der Waals surface area contributed by atoms with Crippen molar-refractivity contribution in [1.29, 1.82) is 0 Å². The Morgan fingerprint density at radius 2 is 0.909 bits per heavy atom. The lowest BCUT2D eigenvalue weighted by atomic mass is 9.67. The van der Waals surface area contributed by atoms with Crippen molar-refractivity contribution in [1.82, 2.24) is 0 Å². The molecule has 0 unspecified atom stereocenters. The minimum atomic E-state index is -0.527. The summed E-state index contributed by atoms with van der Waals surface area (Å²) in [6, 6.07) is 88.3. The Bertz CT molecular complexity index is 3630. The van der Waals surface area contributed by atoms with Crippen LogP contribution >= 0.6 is 11.3 Å². The molecule has 1 aromatic heterocycles. The number of anilines is 3. The van der Waals surface area contributed by atoms with Crippen LogP contribution in [-0.2, 0) is 10.8 Å². The summed E-state index contributed by atoms with van der Waals surface area (Å²) in [5.74, 6) is 0. The van der Waals surface area contributed by atoms with Gasteiger partial charge in [0.25, 0.3) is 0 Å². The van der Waals surface area contributed by atoms with E-state index >= 15 is 0 Å². The van der Waals surface area contributed by atoms with Crippen LogP contribution in [-0.4, -0.2) is 0 Å². The summed E-state index contributed by atoms with van der Waals surface area (Å²) < 4.78 is 2.64. The van der Waals surface area contributed by atoms with Crippen molar-refractivity contribution in [3.63, 3.8) is 0 Å². The predicted octanol–water partition coefficient (Wildman–Crippen LogP) is 17.5. The van der Waals surface area contributed by atoms with Crippen molar-refractivity contribution < 1.29 is 0 Å². The van der Waals surface area contributed by atoms with E-state index in [2.05, 4.69) is 255 Å². The fourth-order valence-electron chi connectivity index (χ4n) is 11.6. The van der Waals surface area contributed by atoms with E-state index < -0.39 is 5.41 Å². The molecule has 0 fully saturated rings. The molecule has 66 heavy (non-hydrogen) atoms. The second-order valence-electron chi connectivity index (χ2n) is 18.4. The van der Waals surface area contributed by atoms with Gasteiger partial charge in [0, 0.05) is 42.5 Å². The smallest absolute Gasteiger partial charge is 0.0714 e. The highest BCUT2D eigenvalue weighted by atomic mass is 32.1. The third-order valence-corrected chi connectivity index (χ3v) is 15.7. The third-order valence-electron chi connectivity index (χ3n) is 14.6. The first-order chi connectivity index (χ1) is 32.5. The lowest BCUT2D eigenvalue weighted by Gasteiger charge is -2.35. The molecule has 11 aromatic rings. The van der Waals surface area contributed by atoms with Gasteiger partial charge in [-0.1, -0.05) is 208 Å². The molecule has 13 rings (SSSR count). The van der Waals surface area contributed by atoms with E-state index in [1.54, 1.807) is 0 Å². The van der Waals surface area contributed by atoms with Gasteiger partial charge >= 0.3 is 0 Å². The zero-order valence-electron chi connectivity index (χ0n) is 36.9. The lowest BCUT2D eigenvalue weighted by molar-refractivity contribution is 0.660. The fourth-order valence-corrected chi connectivity index (χ4v) is 12.7. The Labute approximate surface area is 390 Å². The predicted molar refractivity (Wildman–Crippen MR) is 280 cm³/mol. The number of thiophene rings is 1. The van der Waals surface area contributed by atoms with Gasteiger partial charge in [-0.3, -0.25) is 0 Å². The average molecular weight is 860 g/mol. The van der Waals surface area contributed by atoms with Crippen LogP contribution in [0.1, 0.15) is 47.2 Å². The van der Waals surface area contributed by atoms with Crippen LogP contribution in [0.5, 0.6) is 0 Å². The van der Waals surface area contributed by atoms with E-state index in [4.69, 9.17) is 0 Å². The van der Waals surface area contributed by atoms with E-state index in [-0.39, 0.29) is 5.41 Å². The van der Waals surface area contributed by atoms with Crippen molar-refractivity contribution in [3.05, 3.63) is 270 Å². The molecule has 0 amide bonds. The van der Waals surface area contributed by atoms with Gasteiger partial charge in [-0.05, 0) is 115 Å². The van der Waals surface area contributed by atoms with Crippen molar-refractivity contribution in [3.8, 4) is 44.5 Å². The number of benzene rings is 10. The van der Waals surface area contributed by atoms with Crippen LogP contribution in [0, 0.1) is 0 Å². The van der Waals surface area contributed by atoms with Crippen molar-refractivity contribution >= 4 is 48.6 Å². The molecule has 0 N–H and O–H groups in total. The van der Waals surface area contributed by atoms with Crippen LogP contribution in [0.25, 0.3) is 64.7 Å². The molecule has 0 saturated carbocycles. The van der Waals surface area contributed by atoms with Gasteiger partial charge in [-0.15, -0.1) is 11.3 Å². The highest BCUT2D eigenvalue weighted by molar-refractivity contribution is 7.25. The number of rotatable bonds is 7. The summed E-state index contributed by atoms with van der Waals surface area (Å²) in [6.45, 7) is 4.74. The number of nitrogens with zero attached hydrogens (tertiary/aromatic N) is 1. The molecule has 2 heteroatoms. The first-order valence-electron chi connectivity index (χ1n) is 23.0. The number of hydrogen-bond acceptors (Lipinski definition) is 2. The number of hydrogen-bond donors (Lipinski definition) is 0. The quantitative estimate of drug-likeness (QED) is 0.154. The molecular weight excluding hydrogens is 815 g/mol. The van der Waals surface area contributed by atoms with Crippen molar-refractivity contribution in [2.75, 3.05) is 4.90 Å². The third kappa shape index (κ3) is 5.65. The van der Waals surface area contributed by atoms with E-state index in [0.29, 0.717) is 0 Å². The van der Waals surface area contributed by atoms with Gasteiger partial charge < -0.3 is 4.90 Å². The summed E-state index contributed by atoms with van der Waals surface area (Å²) >= 11 is 1.87. The highest BCUT2D eigenvalue weighted by Gasteiger charge is 2.46. The summed E-state index contributed by atoms with van der Waals surface area (Å²) in [5, 5.41) is 2.64. The Kier molecular flexibility index (Phi) is 8.72. The SMILES string of the molecule is CC1(C)c2ccccc2-c2c(-c3ccccc3N(c3ccc(-c4ccc5c(c4)sc4ccccc45)cc3)c3ccc4c(c3)C(c3ccccc3)(c3ccccc3)c3ccccc3-4)cccc21. The van der Waals surface area contributed by atoms with Crippen molar-refractivity contribution in [2.45, 2.75) is 24.7 Å². The molecule has 0 saturated heterocycles. The van der Waals surface area contributed by atoms with Gasteiger partial charge in [-0.25, -0.2) is 0 Å². The Balaban J connectivity index is 1.04. The van der Waals surface area contributed by atoms with Gasteiger partial charge in [0.15, 0.2) is 0 Å². The number of para-hydroxylation sites is 1. The maximum absolute atomic E-state index is 2.50. The fraction of sp³-hybridized carbons (Fsp3) is 0.0625. The van der Waals surface area contributed by atoms with E-state index in [1.807, 2.05) is 11.3 Å². The Hall–Kier alpha value is -7.78. The summed E-state index contributed by atoms with van der Waals surface area (Å²) in [6.07, 6.45) is 0. The van der Waals surface area contributed by atoms with Crippen molar-refractivity contribution in [2.24, 2.45) is 0 Å². The monoisotopic (exact) mass is 859 g/mol. The molecule has 2 aliphatic rings. The normalized spacial score (nSPS) is 13.8. The highest BCUT2D eigenvalue weighted by Crippen LogP contribution is 2.58. The van der Waals surface area contributed by atoms with Crippen LogP contribution in [0.15, 0.2) is 237 Å². The second-order valence-corrected chi connectivity index (χ2v) is 19.4. The molecule has 0 spiro atoms. The van der Waals surface area contributed by atoms with Crippen LogP contribution < -0.4 is 4.90 Å². The van der Waals surface area contributed by atoms with Gasteiger partial charge in [0.05, 0.1) is 11.1 Å². The maximum Gasteiger partial charge on any atom is 0.0714 e. The molecule has 2 aliphatic carbocycles. The van der Waals surface area contributed by atoms with Crippen LogP contribution in [0.2, 0.25) is 0 Å². The topological polar surface area (TPSA) is 3.24 Å². The molecule has 0 aliphatic heterocycles. The van der Waals surface area contributed by atoms with E-state index in [1.165, 1.54) is 98.1 Å². The molecule has 0 radical (unpaired) electrons. The first kappa shape index (κ1) is 38.7. The van der Waals surface area contributed by atoms with Gasteiger partial charge in [0.1, 0.15) is 0 Å². The minimum Gasteiger partial charge on any atom is -0.310 e. The second kappa shape index (κ2) is 14.9. The van der Waals surface area contributed by atoms with E-state index in [9.17, 15) is 0 Å². The molecule has 312 valence electrons. The average Bonchev–Trinajstić information content (AvgIpc) is 3.98. The zero-order valence-corrected chi connectivity index (χ0v) is 37.7. The zero-order chi connectivity index (χ0) is 44.0. The van der Waals surface area contributed by atoms with E-state index in [0.717, 1.165) is 17.1 Å². The lowest BCUT2D eigenvalue weighted by Crippen LogP contribution is -2.28. The minimum absolute atomic E-state index is 0.113. The summed E-state index contributed by atoms with van der Waals surface area (Å²) in [4.78, 5) is 2.50. The van der Waals surface area contributed by atoms with Crippen LogP contribution in [0.3, 0.4) is 0 Å². The molecule has 0 atom stereocenters. The summed E-state index contributed by atoms with van der Waals surface area (Å²) in [7, 11) is 0. The Morgan fingerprint density at radius 1 is 0.348 bits per heavy atom. The molecule has 1 nitrogen and oxygen atoms in total. The molecule has 10 aromatic carbocycles. The Morgan fingerprint density at radius 3 is 1.68 bits per heavy atom. The summed E-state index contributed by atoms with van der Waals surface area (Å²) in [5.41, 5.74) is 20.6. The molecular formula is C64H45NS.